The number of aromatic nitrogens is 2. The SMILES string of the molecule is Cc1cccc(NC(=O)CSc2nnc(Nc3ccc(OC(F)(F)F)cc3)s2)c1C. The lowest BCUT2D eigenvalue weighted by Crippen LogP contribution is -2.16. The third-order valence-corrected chi connectivity index (χ3v) is 5.92. The molecule has 0 unspecified atom stereocenters. The molecule has 6 nitrogen and oxygen atoms in total. The molecule has 30 heavy (non-hydrogen) atoms. The van der Waals surface area contributed by atoms with Crippen molar-refractivity contribution in [2.75, 3.05) is 16.4 Å². The predicted molar refractivity (Wildman–Crippen MR) is 112 cm³/mol. The highest BCUT2D eigenvalue weighted by Crippen LogP contribution is 2.29. The summed E-state index contributed by atoms with van der Waals surface area (Å²) in [5, 5.41) is 14.3. The van der Waals surface area contributed by atoms with Gasteiger partial charge in [-0.3, -0.25) is 4.79 Å². The van der Waals surface area contributed by atoms with E-state index in [1.165, 1.54) is 47.4 Å². The predicted octanol–water partition coefficient (Wildman–Crippen LogP) is 5.53. The summed E-state index contributed by atoms with van der Waals surface area (Å²) in [6.07, 6.45) is -4.73. The Balaban J connectivity index is 1.51. The van der Waals surface area contributed by atoms with E-state index in [1.807, 2.05) is 32.0 Å². The van der Waals surface area contributed by atoms with Gasteiger partial charge in [-0.1, -0.05) is 35.2 Å². The van der Waals surface area contributed by atoms with Crippen LogP contribution in [0.5, 0.6) is 5.75 Å². The molecule has 1 aromatic heterocycles. The summed E-state index contributed by atoms with van der Waals surface area (Å²) in [4.78, 5) is 12.2. The van der Waals surface area contributed by atoms with Crippen molar-refractivity contribution in [3.63, 3.8) is 0 Å². The van der Waals surface area contributed by atoms with Gasteiger partial charge in [0.1, 0.15) is 5.75 Å². The Morgan fingerprint density at radius 3 is 2.57 bits per heavy atom. The number of anilines is 3. The van der Waals surface area contributed by atoms with E-state index >= 15 is 0 Å². The van der Waals surface area contributed by atoms with Gasteiger partial charge in [-0.25, -0.2) is 0 Å². The summed E-state index contributed by atoms with van der Waals surface area (Å²) in [6, 6.07) is 11.0. The largest absolute Gasteiger partial charge is 0.573 e. The Labute approximate surface area is 178 Å². The van der Waals surface area contributed by atoms with Crippen LogP contribution in [0.1, 0.15) is 11.1 Å². The van der Waals surface area contributed by atoms with Crippen LogP contribution in [-0.4, -0.2) is 28.2 Å². The second-order valence-electron chi connectivity index (χ2n) is 6.15. The van der Waals surface area contributed by atoms with Crippen molar-refractivity contribution in [1.82, 2.24) is 10.2 Å². The first-order chi connectivity index (χ1) is 14.2. The number of alkyl halides is 3. The molecular formula is C19H17F3N4O2S2. The van der Waals surface area contributed by atoms with Crippen LogP contribution >= 0.6 is 23.1 Å². The van der Waals surface area contributed by atoms with Gasteiger partial charge in [-0.15, -0.1) is 23.4 Å². The molecule has 0 bridgehead atoms. The lowest BCUT2D eigenvalue weighted by atomic mass is 10.1. The number of halogens is 3. The average molecular weight is 454 g/mol. The van der Waals surface area contributed by atoms with Gasteiger partial charge in [0.05, 0.1) is 5.75 Å². The van der Waals surface area contributed by atoms with Gasteiger partial charge in [0.2, 0.25) is 11.0 Å². The molecule has 0 aliphatic rings. The van der Waals surface area contributed by atoms with Crippen LogP contribution in [0.4, 0.5) is 29.7 Å². The second kappa shape index (κ2) is 9.35. The molecule has 158 valence electrons. The van der Waals surface area contributed by atoms with Crippen LogP contribution in [-0.2, 0) is 4.79 Å². The maximum Gasteiger partial charge on any atom is 0.573 e. The van der Waals surface area contributed by atoms with Crippen molar-refractivity contribution < 1.29 is 22.7 Å². The van der Waals surface area contributed by atoms with E-state index in [9.17, 15) is 18.0 Å². The van der Waals surface area contributed by atoms with E-state index in [4.69, 9.17) is 0 Å². The van der Waals surface area contributed by atoms with E-state index in [0.717, 1.165) is 16.8 Å². The van der Waals surface area contributed by atoms with Crippen molar-refractivity contribution in [1.29, 1.82) is 0 Å². The first-order valence-corrected chi connectivity index (χ1v) is 10.4. The van der Waals surface area contributed by atoms with Crippen LogP contribution in [0.3, 0.4) is 0 Å². The molecule has 0 fully saturated rings. The van der Waals surface area contributed by atoms with Crippen LogP contribution < -0.4 is 15.4 Å². The number of hydrogen-bond donors (Lipinski definition) is 2. The molecule has 11 heteroatoms. The van der Waals surface area contributed by atoms with Gasteiger partial charge in [-0.05, 0) is 55.3 Å². The molecule has 0 spiro atoms. The third-order valence-electron chi connectivity index (χ3n) is 3.95. The monoisotopic (exact) mass is 454 g/mol. The topological polar surface area (TPSA) is 76.1 Å². The van der Waals surface area contributed by atoms with E-state index in [2.05, 4.69) is 25.6 Å². The molecule has 0 saturated carbocycles. The maximum absolute atomic E-state index is 12.2. The van der Waals surface area contributed by atoms with E-state index in [1.54, 1.807) is 0 Å². The average Bonchev–Trinajstić information content (AvgIpc) is 3.12. The standard InChI is InChI=1S/C19H17F3N4O2S2/c1-11-4-3-5-15(12(11)2)24-16(27)10-29-18-26-25-17(30-18)23-13-6-8-14(9-7-13)28-19(20,21)22/h3-9H,10H2,1-2H3,(H,23,25)(H,24,27). The van der Waals surface area contributed by atoms with Gasteiger partial charge >= 0.3 is 6.36 Å². The molecular weight excluding hydrogens is 437 g/mol. The number of rotatable bonds is 7. The van der Waals surface area contributed by atoms with Crippen molar-refractivity contribution in [2.45, 2.75) is 24.5 Å². The number of ether oxygens (including phenoxy) is 1. The zero-order chi connectivity index (χ0) is 21.7. The highest BCUT2D eigenvalue weighted by Gasteiger charge is 2.30. The third kappa shape index (κ3) is 6.36. The van der Waals surface area contributed by atoms with Gasteiger partial charge in [0.25, 0.3) is 0 Å². The van der Waals surface area contributed by atoms with E-state index < -0.39 is 6.36 Å². The molecule has 1 heterocycles. The van der Waals surface area contributed by atoms with Crippen molar-refractivity contribution in [3.05, 3.63) is 53.6 Å². The molecule has 0 aliphatic carbocycles. The quantitative estimate of drug-likeness (QED) is 0.458. The molecule has 2 N–H and O–H groups in total. The Bertz CT molecular complexity index is 1020. The number of amides is 1. The first-order valence-electron chi connectivity index (χ1n) is 8.65. The van der Waals surface area contributed by atoms with Crippen LogP contribution in [0.25, 0.3) is 0 Å². The van der Waals surface area contributed by atoms with Crippen molar-refractivity contribution >= 4 is 45.5 Å². The summed E-state index contributed by atoms with van der Waals surface area (Å²) in [5.74, 6) is -0.291. The number of thioether (sulfide) groups is 1. The number of nitrogens with one attached hydrogen (secondary N) is 2. The lowest BCUT2D eigenvalue weighted by Gasteiger charge is -2.09. The Kier molecular flexibility index (Phi) is 6.83. The summed E-state index contributed by atoms with van der Waals surface area (Å²) in [6.45, 7) is 3.93. The fraction of sp³-hybridized carbons (Fsp3) is 0.211. The smallest absolute Gasteiger partial charge is 0.406 e. The number of benzene rings is 2. The number of hydrogen-bond acceptors (Lipinski definition) is 7. The van der Waals surface area contributed by atoms with E-state index in [-0.39, 0.29) is 17.4 Å². The van der Waals surface area contributed by atoms with Gasteiger partial charge in [0.15, 0.2) is 4.34 Å². The zero-order valence-corrected chi connectivity index (χ0v) is 17.5. The summed E-state index contributed by atoms with van der Waals surface area (Å²) < 4.78 is 41.0. The molecule has 0 aliphatic heterocycles. The van der Waals surface area contributed by atoms with Gasteiger partial charge in [-0.2, -0.15) is 0 Å². The highest BCUT2D eigenvalue weighted by molar-refractivity contribution is 8.01. The fourth-order valence-corrected chi connectivity index (χ4v) is 3.95. The molecule has 1 amide bonds. The zero-order valence-electron chi connectivity index (χ0n) is 15.9. The van der Waals surface area contributed by atoms with Gasteiger partial charge in [0, 0.05) is 11.4 Å². The van der Waals surface area contributed by atoms with Gasteiger partial charge < -0.3 is 15.4 Å². The molecule has 0 radical (unpaired) electrons. The number of carbonyl (C=O) groups is 1. The minimum Gasteiger partial charge on any atom is -0.406 e. The first kappa shape index (κ1) is 21.9. The minimum absolute atomic E-state index is 0.154. The summed E-state index contributed by atoms with van der Waals surface area (Å²) in [5.41, 5.74) is 3.42. The summed E-state index contributed by atoms with van der Waals surface area (Å²) >= 11 is 2.48. The normalized spacial score (nSPS) is 11.2. The highest BCUT2D eigenvalue weighted by atomic mass is 32.2. The van der Waals surface area contributed by atoms with E-state index in [0.29, 0.717) is 15.2 Å². The Hall–Kier alpha value is -2.79. The number of carbonyl (C=O) groups excluding carboxylic acids is 1. The van der Waals surface area contributed by atoms with Crippen LogP contribution in [0, 0.1) is 13.8 Å². The minimum atomic E-state index is -4.73. The number of aryl methyl sites for hydroxylation is 1. The molecule has 2 aromatic carbocycles. The number of nitrogens with zero attached hydrogens (tertiary/aromatic N) is 2. The second-order valence-corrected chi connectivity index (χ2v) is 8.35. The lowest BCUT2D eigenvalue weighted by molar-refractivity contribution is -0.274. The Morgan fingerprint density at radius 2 is 1.87 bits per heavy atom. The molecule has 0 atom stereocenters. The van der Waals surface area contributed by atoms with Crippen molar-refractivity contribution in [2.24, 2.45) is 0 Å². The van der Waals surface area contributed by atoms with Crippen LogP contribution in [0.15, 0.2) is 46.8 Å². The van der Waals surface area contributed by atoms with Crippen LogP contribution in [0.2, 0.25) is 0 Å². The molecule has 3 rings (SSSR count). The molecule has 0 saturated heterocycles. The fourth-order valence-electron chi connectivity index (χ4n) is 2.38. The maximum atomic E-state index is 12.2. The molecule has 3 aromatic rings. The Morgan fingerprint density at radius 1 is 1.13 bits per heavy atom. The van der Waals surface area contributed by atoms with Crippen molar-refractivity contribution in [3.8, 4) is 5.75 Å². The summed E-state index contributed by atoms with van der Waals surface area (Å²) in [7, 11) is 0.